The van der Waals surface area contributed by atoms with Crippen molar-refractivity contribution in [1.82, 2.24) is 0 Å². The fourth-order valence-electron chi connectivity index (χ4n) is 2.18. The lowest BCUT2D eigenvalue weighted by molar-refractivity contribution is -0.137. The van der Waals surface area contributed by atoms with Gasteiger partial charge in [0.15, 0.2) is 0 Å². The summed E-state index contributed by atoms with van der Waals surface area (Å²) in [6.45, 7) is 0. The van der Waals surface area contributed by atoms with Crippen molar-refractivity contribution in [3.63, 3.8) is 0 Å². The van der Waals surface area contributed by atoms with Crippen LogP contribution in [0.2, 0.25) is 0 Å². The molecule has 18 heavy (non-hydrogen) atoms. The molecule has 2 rings (SSSR count). The molecule has 1 aliphatic carbocycles. The largest absolute Gasteiger partial charge is 0.416 e. The van der Waals surface area contributed by atoms with E-state index in [-0.39, 0.29) is 0 Å². The third-order valence-corrected chi connectivity index (χ3v) is 3.23. The topological polar surface area (TPSA) is 20.2 Å². The van der Waals surface area contributed by atoms with E-state index >= 15 is 0 Å². The minimum Gasteiger partial charge on any atom is -0.384 e. The Kier molecular flexibility index (Phi) is 3.76. The lowest BCUT2D eigenvalue weighted by Crippen LogP contribution is -2.07. The van der Waals surface area contributed by atoms with Gasteiger partial charge in [0.1, 0.15) is 6.10 Å². The minimum atomic E-state index is -4.33. The van der Waals surface area contributed by atoms with E-state index in [0.29, 0.717) is 5.56 Å². The molecule has 0 saturated carbocycles. The fraction of sp³-hybridized carbons (Fsp3) is 0.429. The average Bonchev–Trinajstić information content (AvgIpc) is 2.38. The van der Waals surface area contributed by atoms with E-state index in [9.17, 15) is 18.3 Å². The van der Waals surface area contributed by atoms with Crippen LogP contribution in [0.25, 0.3) is 0 Å². The van der Waals surface area contributed by atoms with E-state index in [1.807, 2.05) is 6.08 Å². The first-order chi connectivity index (χ1) is 8.48. The van der Waals surface area contributed by atoms with Gasteiger partial charge >= 0.3 is 6.18 Å². The number of rotatable bonds is 2. The van der Waals surface area contributed by atoms with Crippen LogP contribution in [0.3, 0.4) is 0 Å². The molecule has 0 bridgehead atoms. The molecular weight excluding hydrogens is 241 g/mol. The van der Waals surface area contributed by atoms with Gasteiger partial charge in [-0.3, -0.25) is 0 Å². The molecule has 0 radical (unpaired) electrons. The van der Waals surface area contributed by atoms with Gasteiger partial charge in [-0.1, -0.05) is 18.2 Å². The monoisotopic (exact) mass is 256 g/mol. The smallest absolute Gasteiger partial charge is 0.384 e. The van der Waals surface area contributed by atoms with Crippen molar-refractivity contribution in [2.45, 2.75) is 38.0 Å². The second kappa shape index (κ2) is 5.14. The Balaban J connectivity index is 2.16. The first-order valence-corrected chi connectivity index (χ1v) is 6.02. The molecular formula is C14H15F3O. The van der Waals surface area contributed by atoms with Gasteiger partial charge in [0.05, 0.1) is 5.56 Å². The van der Waals surface area contributed by atoms with E-state index in [1.54, 1.807) is 0 Å². The lowest BCUT2D eigenvalue weighted by Gasteiger charge is -2.19. The van der Waals surface area contributed by atoms with E-state index in [4.69, 9.17) is 0 Å². The highest BCUT2D eigenvalue weighted by molar-refractivity contribution is 5.30. The van der Waals surface area contributed by atoms with Crippen LogP contribution in [0, 0.1) is 0 Å². The van der Waals surface area contributed by atoms with Gasteiger partial charge in [-0.15, -0.1) is 0 Å². The third kappa shape index (κ3) is 2.93. The van der Waals surface area contributed by atoms with E-state index in [0.717, 1.165) is 43.4 Å². The van der Waals surface area contributed by atoms with E-state index in [2.05, 4.69) is 0 Å². The summed E-state index contributed by atoms with van der Waals surface area (Å²) >= 11 is 0. The van der Waals surface area contributed by atoms with Crippen LogP contribution in [-0.2, 0) is 6.18 Å². The van der Waals surface area contributed by atoms with Gasteiger partial charge in [-0.05, 0) is 49.0 Å². The van der Waals surface area contributed by atoms with Crippen molar-refractivity contribution in [2.24, 2.45) is 0 Å². The van der Waals surface area contributed by atoms with Crippen LogP contribution in [-0.4, -0.2) is 5.11 Å². The van der Waals surface area contributed by atoms with Gasteiger partial charge < -0.3 is 5.11 Å². The molecule has 1 aromatic carbocycles. The number of benzene rings is 1. The lowest BCUT2D eigenvalue weighted by atomic mass is 9.91. The molecule has 1 N–H and O–H groups in total. The van der Waals surface area contributed by atoms with Gasteiger partial charge in [-0.2, -0.15) is 13.2 Å². The number of aliphatic hydroxyl groups is 1. The van der Waals surface area contributed by atoms with Crippen LogP contribution >= 0.6 is 0 Å². The number of allylic oxidation sites excluding steroid dienone is 1. The summed E-state index contributed by atoms with van der Waals surface area (Å²) in [6, 6.07) is 4.73. The molecule has 0 aromatic heterocycles. The third-order valence-electron chi connectivity index (χ3n) is 3.23. The summed E-state index contributed by atoms with van der Waals surface area (Å²) in [7, 11) is 0. The van der Waals surface area contributed by atoms with Crippen molar-refractivity contribution >= 4 is 0 Å². The molecule has 1 atom stereocenters. The first kappa shape index (κ1) is 13.1. The summed E-state index contributed by atoms with van der Waals surface area (Å²) in [6.07, 6.45) is 0.800. The molecule has 1 nitrogen and oxygen atoms in total. The van der Waals surface area contributed by atoms with Crippen LogP contribution < -0.4 is 0 Å². The Morgan fingerprint density at radius 1 is 1.06 bits per heavy atom. The molecule has 4 heteroatoms. The first-order valence-electron chi connectivity index (χ1n) is 6.02. The van der Waals surface area contributed by atoms with Crippen LogP contribution in [0.15, 0.2) is 35.9 Å². The Morgan fingerprint density at radius 3 is 2.22 bits per heavy atom. The normalized spacial score (nSPS) is 18.3. The fourth-order valence-corrected chi connectivity index (χ4v) is 2.18. The minimum absolute atomic E-state index is 0.524. The highest BCUT2D eigenvalue weighted by atomic mass is 19.4. The van der Waals surface area contributed by atoms with Gasteiger partial charge in [0, 0.05) is 0 Å². The number of aliphatic hydroxyl groups excluding tert-OH is 1. The summed E-state index contributed by atoms with van der Waals surface area (Å²) < 4.78 is 37.2. The van der Waals surface area contributed by atoms with Crippen molar-refractivity contribution in [3.8, 4) is 0 Å². The summed E-state index contributed by atoms with van der Waals surface area (Å²) in [5.41, 5.74) is 0.758. The molecule has 0 spiro atoms. The highest BCUT2D eigenvalue weighted by Crippen LogP contribution is 2.33. The predicted octanol–water partition coefficient (Wildman–Crippen LogP) is 4.24. The van der Waals surface area contributed by atoms with Crippen molar-refractivity contribution in [3.05, 3.63) is 47.0 Å². The number of halogens is 3. The maximum absolute atomic E-state index is 12.4. The standard InChI is InChI=1S/C14H15F3O/c15-14(16,17)12-8-6-11(7-9-12)13(18)10-4-2-1-3-5-10/h4,6-9,13,18H,1-3,5H2. The van der Waals surface area contributed by atoms with Crippen molar-refractivity contribution in [2.75, 3.05) is 0 Å². The number of hydrogen-bond acceptors (Lipinski definition) is 1. The Bertz CT molecular complexity index is 431. The number of alkyl halides is 3. The zero-order chi connectivity index (χ0) is 13.2. The summed E-state index contributed by atoms with van der Waals surface area (Å²) in [4.78, 5) is 0. The maximum Gasteiger partial charge on any atom is 0.416 e. The van der Waals surface area contributed by atoms with Crippen LogP contribution in [0.1, 0.15) is 42.9 Å². The quantitative estimate of drug-likeness (QED) is 0.785. The average molecular weight is 256 g/mol. The van der Waals surface area contributed by atoms with Crippen molar-refractivity contribution < 1.29 is 18.3 Å². The molecule has 0 aliphatic heterocycles. The summed E-state index contributed by atoms with van der Waals surface area (Å²) in [5, 5.41) is 10.1. The zero-order valence-corrected chi connectivity index (χ0v) is 9.87. The van der Waals surface area contributed by atoms with E-state index in [1.165, 1.54) is 12.1 Å². The molecule has 1 aliphatic rings. The molecule has 0 fully saturated rings. The van der Waals surface area contributed by atoms with Gasteiger partial charge in [0.25, 0.3) is 0 Å². The Morgan fingerprint density at radius 2 is 1.72 bits per heavy atom. The predicted molar refractivity (Wildman–Crippen MR) is 63.0 cm³/mol. The Hall–Kier alpha value is -1.29. The molecule has 1 unspecified atom stereocenters. The van der Waals surface area contributed by atoms with Crippen LogP contribution in [0.5, 0.6) is 0 Å². The van der Waals surface area contributed by atoms with Gasteiger partial charge in [-0.25, -0.2) is 0 Å². The van der Waals surface area contributed by atoms with E-state index < -0.39 is 17.8 Å². The number of hydrogen-bond donors (Lipinski definition) is 1. The van der Waals surface area contributed by atoms with Gasteiger partial charge in [0.2, 0.25) is 0 Å². The van der Waals surface area contributed by atoms with Crippen LogP contribution in [0.4, 0.5) is 13.2 Å². The SMILES string of the molecule is OC(C1=CCCCC1)c1ccc(C(F)(F)F)cc1. The van der Waals surface area contributed by atoms with Crippen molar-refractivity contribution in [1.29, 1.82) is 0 Å². The summed E-state index contributed by atoms with van der Waals surface area (Å²) in [5.74, 6) is 0. The second-order valence-electron chi connectivity index (χ2n) is 4.55. The molecule has 0 saturated heterocycles. The molecule has 0 amide bonds. The maximum atomic E-state index is 12.4. The second-order valence-corrected chi connectivity index (χ2v) is 4.55. The molecule has 98 valence electrons. The highest BCUT2D eigenvalue weighted by Gasteiger charge is 2.30. The zero-order valence-electron chi connectivity index (χ0n) is 9.87. The molecule has 0 heterocycles. The Labute approximate surface area is 104 Å². The molecule has 1 aromatic rings.